The molecule has 2 aromatic heterocycles. The van der Waals surface area contributed by atoms with Crippen molar-refractivity contribution in [2.24, 2.45) is 0 Å². The van der Waals surface area contributed by atoms with Gasteiger partial charge in [0.05, 0.1) is 12.3 Å². The van der Waals surface area contributed by atoms with E-state index in [0.29, 0.717) is 16.9 Å². The van der Waals surface area contributed by atoms with E-state index in [1.54, 1.807) is 54.2 Å². The van der Waals surface area contributed by atoms with Crippen LogP contribution in [0.3, 0.4) is 0 Å². The summed E-state index contributed by atoms with van der Waals surface area (Å²) in [6.45, 7) is 2.03. The van der Waals surface area contributed by atoms with E-state index in [9.17, 15) is 9.59 Å². The molecule has 0 aliphatic rings. The summed E-state index contributed by atoms with van der Waals surface area (Å²) in [5, 5.41) is 14.5. The first-order valence-corrected chi connectivity index (χ1v) is 10.8. The van der Waals surface area contributed by atoms with E-state index < -0.39 is 5.97 Å². The first-order chi connectivity index (χ1) is 15.6. The van der Waals surface area contributed by atoms with Gasteiger partial charge in [0.15, 0.2) is 10.9 Å². The maximum atomic E-state index is 12.7. The van der Waals surface area contributed by atoms with Crippen LogP contribution in [0.25, 0.3) is 5.69 Å². The lowest BCUT2D eigenvalue weighted by molar-refractivity contribution is 0.0519. The maximum absolute atomic E-state index is 12.7. The van der Waals surface area contributed by atoms with Gasteiger partial charge < -0.3 is 10.1 Å². The molecule has 4 rings (SSSR count). The Morgan fingerprint density at radius 3 is 2.75 bits per heavy atom. The number of H-pyrrole nitrogens is 1. The van der Waals surface area contributed by atoms with Crippen molar-refractivity contribution in [1.29, 1.82) is 0 Å². The van der Waals surface area contributed by atoms with Crippen LogP contribution >= 0.6 is 11.8 Å². The molecule has 0 aliphatic heterocycles. The Morgan fingerprint density at radius 2 is 2.00 bits per heavy atom. The van der Waals surface area contributed by atoms with Crippen LogP contribution < -0.4 is 5.32 Å². The molecule has 2 aromatic carbocycles. The zero-order valence-corrected chi connectivity index (χ0v) is 18.0. The van der Waals surface area contributed by atoms with Crippen molar-refractivity contribution in [3.05, 3.63) is 83.9 Å². The Kier molecular flexibility index (Phi) is 6.61. The first kappa shape index (κ1) is 21.3. The van der Waals surface area contributed by atoms with Crippen LogP contribution in [-0.4, -0.2) is 43.4 Å². The van der Waals surface area contributed by atoms with Crippen molar-refractivity contribution in [3.63, 3.8) is 0 Å². The highest BCUT2D eigenvalue weighted by molar-refractivity contribution is 7.98. The fourth-order valence-corrected chi connectivity index (χ4v) is 3.61. The van der Waals surface area contributed by atoms with Gasteiger partial charge >= 0.3 is 5.97 Å². The third kappa shape index (κ3) is 5.22. The maximum Gasteiger partial charge on any atom is 0.358 e. The predicted molar refractivity (Wildman–Crippen MR) is 120 cm³/mol. The number of anilines is 1. The number of aromatic nitrogens is 5. The number of aromatic amines is 1. The third-order valence-electron chi connectivity index (χ3n) is 4.43. The second kappa shape index (κ2) is 9.92. The van der Waals surface area contributed by atoms with Gasteiger partial charge in [0.25, 0.3) is 5.91 Å². The Hall–Kier alpha value is -3.92. The highest BCUT2D eigenvalue weighted by atomic mass is 32.2. The number of carbonyl (C=O) groups excluding carboxylic acids is 2. The molecule has 0 spiro atoms. The van der Waals surface area contributed by atoms with E-state index >= 15 is 0 Å². The molecular formula is C22H20N6O3S. The predicted octanol–water partition coefficient (Wildman–Crippen LogP) is 3.71. The van der Waals surface area contributed by atoms with Crippen LogP contribution in [0.1, 0.15) is 33.3 Å². The Bertz CT molecular complexity index is 1200. The molecule has 0 saturated carbocycles. The van der Waals surface area contributed by atoms with Gasteiger partial charge in [0, 0.05) is 23.2 Å². The van der Waals surface area contributed by atoms with Gasteiger partial charge in [-0.1, -0.05) is 30.0 Å². The fourth-order valence-electron chi connectivity index (χ4n) is 2.88. The Morgan fingerprint density at radius 1 is 1.16 bits per heavy atom. The normalized spacial score (nSPS) is 10.7. The Balaban J connectivity index is 1.40. The summed E-state index contributed by atoms with van der Waals surface area (Å²) in [7, 11) is 0. The van der Waals surface area contributed by atoms with Crippen LogP contribution in [0, 0.1) is 0 Å². The second-order valence-electron chi connectivity index (χ2n) is 6.65. The van der Waals surface area contributed by atoms with Gasteiger partial charge in [-0.3, -0.25) is 9.89 Å². The summed E-state index contributed by atoms with van der Waals surface area (Å²) in [6, 6.07) is 16.2. The largest absolute Gasteiger partial charge is 0.461 e. The molecule has 10 heteroatoms. The van der Waals surface area contributed by atoms with Crippen molar-refractivity contribution < 1.29 is 14.3 Å². The van der Waals surface area contributed by atoms with Gasteiger partial charge in [-0.05, 0) is 48.9 Å². The van der Waals surface area contributed by atoms with Crippen LogP contribution in [-0.2, 0) is 10.5 Å². The van der Waals surface area contributed by atoms with E-state index in [1.165, 1.54) is 18.1 Å². The molecule has 9 nitrogen and oxygen atoms in total. The standard InChI is InChI=1S/C22H20N6O3S/c1-2-31-21(30)19-10-11-28(27-19)18-5-3-4-17(12-18)25-20(29)16-8-6-15(7-9-16)13-32-22-23-14-24-26-22/h3-12,14H,2,13H2,1H3,(H,25,29)(H,23,24,26). The van der Waals surface area contributed by atoms with Crippen molar-refractivity contribution >= 4 is 29.3 Å². The molecule has 0 atom stereocenters. The van der Waals surface area contributed by atoms with Crippen LogP contribution in [0.4, 0.5) is 5.69 Å². The lowest BCUT2D eigenvalue weighted by Gasteiger charge is -2.08. The molecule has 0 aliphatic carbocycles. The highest BCUT2D eigenvalue weighted by Gasteiger charge is 2.12. The number of esters is 1. The number of amides is 1. The molecule has 162 valence electrons. The number of carbonyl (C=O) groups is 2. The van der Waals surface area contributed by atoms with Gasteiger partial charge in [-0.15, -0.1) is 0 Å². The molecule has 0 radical (unpaired) electrons. The third-order valence-corrected chi connectivity index (χ3v) is 5.37. The SMILES string of the molecule is CCOC(=O)c1ccn(-c2cccc(NC(=O)c3ccc(CSc4ncn[nH]4)cc3)c2)n1. The van der Waals surface area contributed by atoms with E-state index in [1.807, 2.05) is 18.2 Å². The summed E-state index contributed by atoms with van der Waals surface area (Å²) in [6.07, 6.45) is 3.14. The topological polar surface area (TPSA) is 115 Å². The average Bonchev–Trinajstić information content (AvgIpc) is 3.51. The highest BCUT2D eigenvalue weighted by Crippen LogP contribution is 2.20. The zero-order valence-electron chi connectivity index (χ0n) is 17.2. The molecule has 0 bridgehead atoms. The number of hydrogen-bond donors (Lipinski definition) is 2. The fraction of sp³-hybridized carbons (Fsp3) is 0.136. The second-order valence-corrected chi connectivity index (χ2v) is 7.61. The minimum absolute atomic E-state index is 0.218. The van der Waals surface area contributed by atoms with Crippen molar-refractivity contribution in [2.45, 2.75) is 17.8 Å². The number of ether oxygens (including phenoxy) is 1. The molecule has 2 heterocycles. The molecule has 0 fully saturated rings. The summed E-state index contributed by atoms with van der Waals surface area (Å²) in [4.78, 5) is 28.6. The molecular weight excluding hydrogens is 428 g/mol. The molecule has 0 saturated heterocycles. The molecule has 2 N–H and O–H groups in total. The average molecular weight is 449 g/mol. The van der Waals surface area contributed by atoms with E-state index in [0.717, 1.165) is 16.5 Å². The van der Waals surface area contributed by atoms with Crippen LogP contribution in [0.5, 0.6) is 0 Å². The molecule has 4 aromatic rings. The quantitative estimate of drug-likeness (QED) is 0.312. The van der Waals surface area contributed by atoms with Gasteiger partial charge in [0.2, 0.25) is 0 Å². The Labute approximate surface area is 188 Å². The van der Waals surface area contributed by atoms with Crippen LogP contribution in [0.15, 0.2) is 72.3 Å². The first-order valence-electron chi connectivity index (χ1n) is 9.84. The minimum Gasteiger partial charge on any atom is -0.461 e. The number of thioether (sulfide) groups is 1. The van der Waals surface area contributed by atoms with E-state index in [2.05, 4.69) is 25.6 Å². The van der Waals surface area contributed by atoms with E-state index in [-0.39, 0.29) is 18.2 Å². The number of rotatable bonds is 8. The number of nitrogens with one attached hydrogen (secondary N) is 2. The molecule has 32 heavy (non-hydrogen) atoms. The van der Waals surface area contributed by atoms with Gasteiger partial charge in [-0.25, -0.2) is 14.5 Å². The van der Waals surface area contributed by atoms with Crippen LogP contribution in [0.2, 0.25) is 0 Å². The van der Waals surface area contributed by atoms with Crippen molar-refractivity contribution in [2.75, 3.05) is 11.9 Å². The summed E-state index contributed by atoms with van der Waals surface area (Å²) >= 11 is 1.54. The molecule has 1 amide bonds. The summed E-state index contributed by atoms with van der Waals surface area (Å²) < 4.78 is 6.52. The van der Waals surface area contributed by atoms with Gasteiger partial charge in [-0.2, -0.15) is 10.2 Å². The van der Waals surface area contributed by atoms with Crippen molar-refractivity contribution in [3.8, 4) is 5.69 Å². The van der Waals surface area contributed by atoms with Gasteiger partial charge in [0.1, 0.15) is 6.33 Å². The number of nitrogens with zero attached hydrogens (tertiary/aromatic N) is 4. The summed E-state index contributed by atoms with van der Waals surface area (Å²) in [5.41, 5.74) is 3.17. The number of hydrogen-bond acceptors (Lipinski definition) is 7. The molecule has 0 unspecified atom stereocenters. The monoisotopic (exact) mass is 448 g/mol. The number of benzene rings is 2. The van der Waals surface area contributed by atoms with E-state index in [4.69, 9.17) is 4.74 Å². The lowest BCUT2D eigenvalue weighted by Crippen LogP contribution is -2.12. The minimum atomic E-state index is -0.474. The summed E-state index contributed by atoms with van der Waals surface area (Å²) in [5.74, 6) is 0.0270. The zero-order chi connectivity index (χ0) is 22.3. The smallest absolute Gasteiger partial charge is 0.358 e. The van der Waals surface area contributed by atoms with Crippen molar-refractivity contribution in [1.82, 2.24) is 25.0 Å². The lowest BCUT2D eigenvalue weighted by atomic mass is 10.1.